The fourth-order valence-corrected chi connectivity index (χ4v) is 3.75. The molecule has 0 aliphatic rings. The third-order valence-corrected chi connectivity index (χ3v) is 5.17. The molecule has 0 amide bonds. The van der Waals surface area contributed by atoms with Crippen LogP contribution >= 0.6 is 0 Å². The summed E-state index contributed by atoms with van der Waals surface area (Å²) in [5, 5.41) is 0. The Kier molecular flexibility index (Phi) is 4.89. The molecule has 0 saturated carbocycles. The Hall–Kier alpha value is -4.04. The van der Waals surface area contributed by atoms with Crippen LogP contribution in [-0.2, 0) is 0 Å². The van der Waals surface area contributed by atoms with Crippen LogP contribution in [-0.4, -0.2) is 9.97 Å². The van der Waals surface area contributed by atoms with E-state index in [2.05, 4.69) is 89.9 Å². The molecule has 0 bridgehead atoms. The van der Waals surface area contributed by atoms with Gasteiger partial charge in [0.05, 0.1) is 11.4 Å². The molecule has 0 spiro atoms. The van der Waals surface area contributed by atoms with Crippen molar-refractivity contribution in [3.63, 3.8) is 0 Å². The number of rotatable bonds is 4. The topological polar surface area (TPSA) is 25.8 Å². The average molecular weight is 384 g/mol. The van der Waals surface area contributed by atoms with E-state index in [0.717, 1.165) is 39.2 Å². The number of pyridine rings is 2. The molecule has 2 nitrogen and oxygen atoms in total. The van der Waals surface area contributed by atoms with Gasteiger partial charge in [0, 0.05) is 29.1 Å². The average Bonchev–Trinajstić information content (AvgIpc) is 2.85. The zero-order valence-electron chi connectivity index (χ0n) is 16.4. The normalized spacial score (nSPS) is 10.7. The number of aromatic nitrogens is 2. The van der Waals surface area contributed by atoms with E-state index in [-0.39, 0.29) is 0 Å². The van der Waals surface area contributed by atoms with Gasteiger partial charge in [0.15, 0.2) is 0 Å². The van der Waals surface area contributed by atoms with Crippen molar-refractivity contribution >= 4 is 0 Å². The van der Waals surface area contributed by atoms with Crippen LogP contribution < -0.4 is 0 Å². The van der Waals surface area contributed by atoms with Crippen LogP contribution in [0.2, 0.25) is 0 Å². The van der Waals surface area contributed by atoms with Gasteiger partial charge in [-0.3, -0.25) is 4.98 Å². The second-order valence-corrected chi connectivity index (χ2v) is 7.12. The lowest BCUT2D eigenvalue weighted by Crippen LogP contribution is -1.97. The Morgan fingerprint density at radius 3 is 1.67 bits per heavy atom. The van der Waals surface area contributed by atoms with Crippen LogP contribution in [0, 0.1) is 0 Å². The van der Waals surface area contributed by atoms with E-state index >= 15 is 0 Å². The van der Waals surface area contributed by atoms with E-state index in [1.807, 2.05) is 30.5 Å². The van der Waals surface area contributed by atoms with Crippen LogP contribution in [0.5, 0.6) is 0 Å². The standard InChI is InChI=1S/C28H20N2/c1-4-11-21(12-5-1)25-19-26(24-17-10-18-29-20-24)30-28(23-15-8-3-9-16-23)27(25)22-13-6-2-7-14-22/h1-20H. The van der Waals surface area contributed by atoms with Crippen molar-refractivity contribution < 1.29 is 0 Å². The maximum absolute atomic E-state index is 5.14. The Morgan fingerprint density at radius 1 is 0.500 bits per heavy atom. The number of hydrogen-bond donors (Lipinski definition) is 0. The van der Waals surface area contributed by atoms with Gasteiger partial charge in [-0.25, -0.2) is 4.98 Å². The highest BCUT2D eigenvalue weighted by molar-refractivity contribution is 5.94. The third-order valence-electron chi connectivity index (χ3n) is 5.17. The van der Waals surface area contributed by atoms with Crippen molar-refractivity contribution in [2.45, 2.75) is 0 Å². The molecule has 2 heterocycles. The van der Waals surface area contributed by atoms with E-state index in [1.165, 1.54) is 5.56 Å². The molecular formula is C28H20N2. The van der Waals surface area contributed by atoms with E-state index in [4.69, 9.17) is 4.98 Å². The van der Waals surface area contributed by atoms with Gasteiger partial charge >= 0.3 is 0 Å². The molecule has 5 rings (SSSR count). The van der Waals surface area contributed by atoms with Gasteiger partial charge in [-0.05, 0) is 34.9 Å². The summed E-state index contributed by atoms with van der Waals surface area (Å²) in [5.74, 6) is 0. The Balaban J connectivity index is 1.88. The first-order chi connectivity index (χ1) is 14.9. The van der Waals surface area contributed by atoms with Crippen molar-refractivity contribution in [1.82, 2.24) is 9.97 Å². The van der Waals surface area contributed by atoms with E-state index in [0.29, 0.717) is 0 Å². The number of hydrogen-bond acceptors (Lipinski definition) is 2. The van der Waals surface area contributed by atoms with Gasteiger partial charge < -0.3 is 0 Å². The van der Waals surface area contributed by atoms with Crippen LogP contribution in [0.25, 0.3) is 44.8 Å². The fraction of sp³-hybridized carbons (Fsp3) is 0. The fourth-order valence-electron chi connectivity index (χ4n) is 3.75. The quantitative estimate of drug-likeness (QED) is 0.329. The zero-order valence-corrected chi connectivity index (χ0v) is 16.4. The summed E-state index contributed by atoms with van der Waals surface area (Å²) >= 11 is 0. The predicted molar refractivity (Wildman–Crippen MR) is 124 cm³/mol. The maximum Gasteiger partial charge on any atom is 0.0794 e. The largest absolute Gasteiger partial charge is 0.264 e. The first-order valence-electron chi connectivity index (χ1n) is 10.0. The molecule has 2 heteroatoms. The van der Waals surface area contributed by atoms with Crippen molar-refractivity contribution in [1.29, 1.82) is 0 Å². The summed E-state index contributed by atoms with van der Waals surface area (Å²) in [5.41, 5.74) is 8.62. The van der Waals surface area contributed by atoms with Crippen LogP contribution in [0.15, 0.2) is 122 Å². The van der Waals surface area contributed by atoms with E-state index in [9.17, 15) is 0 Å². The van der Waals surface area contributed by atoms with Gasteiger partial charge in [-0.2, -0.15) is 0 Å². The summed E-state index contributed by atoms with van der Waals surface area (Å²) in [6.07, 6.45) is 3.66. The van der Waals surface area contributed by atoms with Gasteiger partial charge in [-0.15, -0.1) is 0 Å². The smallest absolute Gasteiger partial charge is 0.0794 e. The summed E-state index contributed by atoms with van der Waals surface area (Å²) in [6.45, 7) is 0. The minimum Gasteiger partial charge on any atom is -0.264 e. The predicted octanol–water partition coefficient (Wildman–Crippen LogP) is 7.14. The van der Waals surface area contributed by atoms with E-state index in [1.54, 1.807) is 6.20 Å². The molecule has 0 fully saturated rings. The summed E-state index contributed by atoms with van der Waals surface area (Å²) in [6, 6.07) is 37.6. The van der Waals surface area contributed by atoms with E-state index < -0.39 is 0 Å². The van der Waals surface area contributed by atoms with Crippen molar-refractivity contribution in [2.24, 2.45) is 0 Å². The maximum atomic E-state index is 5.14. The summed E-state index contributed by atoms with van der Waals surface area (Å²) in [7, 11) is 0. The molecule has 0 N–H and O–H groups in total. The lowest BCUT2D eigenvalue weighted by atomic mass is 9.90. The number of nitrogens with zero attached hydrogens (tertiary/aromatic N) is 2. The highest BCUT2D eigenvalue weighted by atomic mass is 14.7. The van der Waals surface area contributed by atoms with Crippen molar-refractivity contribution in [3.8, 4) is 44.8 Å². The van der Waals surface area contributed by atoms with Crippen molar-refractivity contribution in [2.75, 3.05) is 0 Å². The Labute approximate surface area is 176 Å². The molecule has 0 aliphatic carbocycles. The molecule has 142 valence electrons. The van der Waals surface area contributed by atoms with Gasteiger partial charge in [0.2, 0.25) is 0 Å². The lowest BCUT2D eigenvalue weighted by molar-refractivity contribution is 1.28. The molecule has 0 atom stereocenters. The molecule has 5 aromatic rings. The molecular weight excluding hydrogens is 364 g/mol. The van der Waals surface area contributed by atoms with Crippen molar-refractivity contribution in [3.05, 3.63) is 122 Å². The second kappa shape index (κ2) is 8.14. The lowest BCUT2D eigenvalue weighted by Gasteiger charge is -2.18. The third kappa shape index (κ3) is 3.51. The minimum atomic E-state index is 0.917. The second-order valence-electron chi connectivity index (χ2n) is 7.12. The molecule has 3 aromatic carbocycles. The molecule has 0 aliphatic heterocycles. The van der Waals surface area contributed by atoms with Crippen LogP contribution in [0.4, 0.5) is 0 Å². The highest BCUT2D eigenvalue weighted by Gasteiger charge is 2.18. The first kappa shape index (κ1) is 18.0. The molecule has 0 unspecified atom stereocenters. The summed E-state index contributed by atoms with van der Waals surface area (Å²) < 4.78 is 0. The Bertz CT molecular complexity index is 1190. The van der Waals surface area contributed by atoms with Gasteiger partial charge in [0.1, 0.15) is 0 Å². The zero-order chi connectivity index (χ0) is 20.2. The molecule has 0 saturated heterocycles. The Morgan fingerprint density at radius 2 is 1.07 bits per heavy atom. The number of benzene rings is 3. The van der Waals surface area contributed by atoms with Gasteiger partial charge in [0.25, 0.3) is 0 Å². The van der Waals surface area contributed by atoms with Crippen LogP contribution in [0.3, 0.4) is 0 Å². The van der Waals surface area contributed by atoms with Gasteiger partial charge in [-0.1, -0.05) is 91.0 Å². The molecule has 2 aromatic heterocycles. The minimum absolute atomic E-state index is 0.917. The molecule has 0 radical (unpaired) electrons. The monoisotopic (exact) mass is 384 g/mol. The first-order valence-corrected chi connectivity index (χ1v) is 10.0. The van der Waals surface area contributed by atoms with Crippen LogP contribution in [0.1, 0.15) is 0 Å². The summed E-state index contributed by atoms with van der Waals surface area (Å²) in [4.78, 5) is 9.44. The SMILES string of the molecule is c1ccc(-c2cc(-c3cccnc3)nc(-c3ccccc3)c2-c2ccccc2)cc1. The molecule has 30 heavy (non-hydrogen) atoms. The highest BCUT2D eigenvalue weighted by Crippen LogP contribution is 2.41.